The molecule has 0 atom stereocenters. The molecule has 1 saturated carbocycles. The number of amidine groups is 1. The zero-order valence-electron chi connectivity index (χ0n) is 23.8. The average Bonchev–Trinajstić information content (AvgIpc) is 3.52. The molecule has 0 radical (unpaired) electrons. The van der Waals surface area contributed by atoms with Crippen LogP contribution in [0.3, 0.4) is 0 Å². The highest BCUT2D eigenvalue weighted by Gasteiger charge is 2.26. The topological polar surface area (TPSA) is 148 Å². The lowest BCUT2D eigenvalue weighted by Crippen LogP contribution is -2.45. The first kappa shape index (κ1) is 28.2. The van der Waals surface area contributed by atoms with Gasteiger partial charge in [0.15, 0.2) is 5.84 Å². The normalized spacial score (nSPS) is 18.4. The van der Waals surface area contributed by atoms with E-state index in [2.05, 4.69) is 44.2 Å². The van der Waals surface area contributed by atoms with Crippen LogP contribution in [0.1, 0.15) is 49.6 Å². The van der Waals surface area contributed by atoms with E-state index in [1.54, 1.807) is 24.5 Å². The number of aliphatic imine (C=N–C) groups is 2. The monoisotopic (exact) mass is 554 g/mol. The van der Waals surface area contributed by atoms with Crippen LogP contribution in [0.2, 0.25) is 0 Å². The average molecular weight is 555 g/mol. The van der Waals surface area contributed by atoms with E-state index in [0.29, 0.717) is 40.7 Å². The molecule has 11 heteroatoms. The molecule has 214 valence electrons. The van der Waals surface area contributed by atoms with Gasteiger partial charge in [0.25, 0.3) is 0 Å². The van der Waals surface area contributed by atoms with Gasteiger partial charge in [0.05, 0.1) is 23.6 Å². The first-order valence-corrected chi connectivity index (χ1v) is 14.1. The van der Waals surface area contributed by atoms with Gasteiger partial charge in [-0.3, -0.25) is 20.2 Å². The summed E-state index contributed by atoms with van der Waals surface area (Å²) in [5, 5.41) is 15.3. The number of nitrogens with zero attached hydrogens (tertiary/aromatic N) is 6. The van der Waals surface area contributed by atoms with Gasteiger partial charge in [-0.2, -0.15) is 0 Å². The molecule has 5 rings (SSSR count). The number of carbonyl (C=O) groups excluding carboxylic acids is 1. The Kier molecular flexibility index (Phi) is 8.53. The summed E-state index contributed by atoms with van der Waals surface area (Å²) in [5.41, 5.74) is 10.8. The number of carbonyl (C=O) groups is 1. The summed E-state index contributed by atoms with van der Waals surface area (Å²) in [7, 11) is 2.13. The number of nitrogens with two attached hydrogens (primary N) is 1. The van der Waals surface area contributed by atoms with E-state index in [1.165, 1.54) is 0 Å². The molecule has 2 aromatic rings. The predicted molar refractivity (Wildman–Crippen MR) is 166 cm³/mol. The molecule has 0 bridgehead atoms. The lowest BCUT2D eigenvalue weighted by Gasteiger charge is -2.35. The Labute approximate surface area is 240 Å². The van der Waals surface area contributed by atoms with Crippen LogP contribution < -0.4 is 21.3 Å². The Bertz CT molecular complexity index is 1430. The van der Waals surface area contributed by atoms with Crippen LogP contribution in [0.5, 0.6) is 0 Å². The highest BCUT2D eigenvalue weighted by Crippen LogP contribution is 2.30. The molecule has 11 nitrogen and oxygen atoms in total. The quantitative estimate of drug-likeness (QED) is 0.289. The summed E-state index contributed by atoms with van der Waals surface area (Å²) in [6.07, 6.45) is 9.23. The lowest BCUT2D eigenvalue weighted by molar-refractivity contribution is -0.124. The molecule has 2 aromatic heterocycles. The van der Waals surface area contributed by atoms with Crippen LogP contribution in [-0.4, -0.2) is 72.3 Å². The van der Waals surface area contributed by atoms with Crippen molar-refractivity contribution in [1.82, 2.24) is 20.2 Å². The van der Waals surface area contributed by atoms with Gasteiger partial charge in [0, 0.05) is 61.3 Å². The Balaban J connectivity index is 1.35. The number of likely N-dealkylation sites (N-methyl/N-ethyl adjacent to an activating group) is 1. The van der Waals surface area contributed by atoms with Crippen molar-refractivity contribution in [3.8, 4) is 0 Å². The van der Waals surface area contributed by atoms with Gasteiger partial charge in [0.2, 0.25) is 5.91 Å². The van der Waals surface area contributed by atoms with Gasteiger partial charge in [-0.25, -0.2) is 9.97 Å². The van der Waals surface area contributed by atoms with Crippen molar-refractivity contribution in [3.05, 3.63) is 59.3 Å². The van der Waals surface area contributed by atoms with E-state index in [1.807, 2.05) is 19.1 Å². The Morgan fingerprint density at radius 2 is 1.98 bits per heavy atom. The first-order chi connectivity index (χ1) is 19.8. The van der Waals surface area contributed by atoms with Crippen molar-refractivity contribution in [2.45, 2.75) is 39.2 Å². The van der Waals surface area contributed by atoms with Crippen molar-refractivity contribution in [3.63, 3.8) is 0 Å². The van der Waals surface area contributed by atoms with Gasteiger partial charge in [-0.05, 0) is 57.8 Å². The third-order valence-electron chi connectivity index (χ3n) is 7.83. The summed E-state index contributed by atoms with van der Waals surface area (Å²) in [5.74, 6) is 1.44. The van der Waals surface area contributed by atoms with Gasteiger partial charge < -0.3 is 26.2 Å². The summed E-state index contributed by atoms with van der Waals surface area (Å²) in [6, 6.07) is 5.40. The fourth-order valence-corrected chi connectivity index (χ4v) is 5.48. The highest BCUT2D eigenvalue weighted by atomic mass is 16.1. The summed E-state index contributed by atoms with van der Waals surface area (Å²) in [6.45, 7) is 9.63. The van der Waals surface area contributed by atoms with Crippen molar-refractivity contribution in [1.29, 1.82) is 5.41 Å². The number of allylic oxidation sites excluding steroid dienone is 3. The standard InChI is InChI=1S/C30H38N10O/c1-19(36-30(41)20-6-4-5-7-20)16-21(17-33-2)24-9-8-23(31)27(37-24)26(32)28-35-18-22-25(38-28)10-11-34-29(22)40-14-12-39(3)13-15-40/h8-11,16-17,20,32H,2,4-7,12-15,18,31H2,1,3H3,(H,35,38)(H,36,41)/b19-16+,21-17+,32-26?. The maximum atomic E-state index is 12.6. The summed E-state index contributed by atoms with van der Waals surface area (Å²) in [4.78, 5) is 35.2. The van der Waals surface area contributed by atoms with E-state index in [9.17, 15) is 4.79 Å². The number of hydrogen-bond donors (Lipinski definition) is 4. The van der Waals surface area contributed by atoms with E-state index in [-0.39, 0.29) is 17.5 Å². The molecular formula is C30H38N10O. The van der Waals surface area contributed by atoms with Gasteiger partial charge in [0.1, 0.15) is 17.2 Å². The number of hydrogen-bond acceptors (Lipinski definition) is 10. The molecule has 1 amide bonds. The minimum Gasteiger partial charge on any atom is -0.397 e. The van der Waals surface area contributed by atoms with E-state index < -0.39 is 0 Å². The summed E-state index contributed by atoms with van der Waals surface area (Å²) >= 11 is 0. The minimum atomic E-state index is 0.0440. The third-order valence-corrected chi connectivity index (χ3v) is 7.83. The van der Waals surface area contributed by atoms with E-state index in [0.717, 1.165) is 68.9 Å². The molecule has 2 fully saturated rings. The molecular weight excluding hydrogens is 516 g/mol. The zero-order valence-corrected chi connectivity index (χ0v) is 23.8. The maximum absolute atomic E-state index is 12.6. The Morgan fingerprint density at radius 3 is 2.71 bits per heavy atom. The number of amides is 1. The number of nitrogen functional groups attached to an aromatic ring is 1. The van der Waals surface area contributed by atoms with Crippen LogP contribution >= 0.6 is 0 Å². The lowest BCUT2D eigenvalue weighted by atomic mass is 10.1. The Hall–Kier alpha value is -4.38. The van der Waals surface area contributed by atoms with Crippen molar-refractivity contribution < 1.29 is 4.79 Å². The van der Waals surface area contributed by atoms with Crippen molar-refractivity contribution >= 4 is 46.9 Å². The number of rotatable bonds is 8. The molecule has 3 aliphatic rings. The van der Waals surface area contributed by atoms with Crippen molar-refractivity contribution in [2.24, 2.45) is 15.9 Å². The van der Waals surface area contributed by atoms with E-state index >= 15 is 0 Å². The SMILES string of the molecule is C=N/C=C(\C=C(/C)NC(=O)C1CCCC1)c1ccc(N)c(C(=N)C2=NCc3c(ccnc3N3CCN(C)CC3)N2)n1. The molecule has 4 heterocycles. The van der Waals surface area contributed by atoms with Crippen LogP contribution in [-0.2, 0) is 11.3 Å². The van der Waals surface area contributed by atoms with Gasteiger partial charge in [-0.15, -0.1) is 0 Å². The molecule has 1 saturated heterocycles. The van der Waals surface area contributed by atoms with Crippen LogP contribution in [0.15, 0.2) is 52.4 Å². The number of fused-ring (bicyclic) bond motifs is 1. The second-order valence-corrected chi connectivity index (χ2v) is 10.8. The highest BCUT2D eigenvalue weighted by molar-refractivity contribution is 6.50. The third kappa shape index (κ3) is 6.35. The number of piperazine rings is 1. The van der Waals surface area contributed by atoms with E-state index in [4.69, 9.17) is 21.1 Å². The number of anilines is 3. The van der Waals surface area contributed by atoms with Gasteiger partial charge in [-0.1, -0.05) is 12.8 Å². The maximum Gasteiger partial charge on any atom is 0.227 e. The molecule has 0 spiro atoms. The number of nitrogens with one attached hydrogen (secondary N) is 3. The number of pyridine rings is 2. The molecule has 1 aliphatic carbocycles. The fourth-order valence-electron chi connectivity index (χ4n) is 5.48. The second kappa shape index (κ2) is 12.4. The van der Waals surface area contributed by atoms with Gasteiger partial charge >= 0.3 is 0 Å². The largest absolute Gasteiger partial charge is 0.397 e. The smallest absolute Gasteiger partial charge is 0.227 e. The Morgan fingerprint density at radius 1 is 1.22 bits per heavy atom. The molecule has 0 unspecified atom stereocenters. The van der Waals surface area contributed by atoms with Crippen LogP contribution in [0.25, 0.3) is 5.57 Å². The fraction of sp³-hybridized carbons (Fsp3) is 0.400. The zero-order chi connectivity index (χ0) is 28.9. The number of aromatic nitrogens is 2. The molecule has 5 N–H and O–H groups in total. The van der Waals surface area contributed by atoms with Crippen molar-refractivity contribution in [2.75, 3.05) is 49.2 Å². The van der Waals surface area contributed by atoms with Crippen LogP contribution in [0, 0.1) is 11.3 Å². The molecule has 41 heavy (non-hydrogen) atoms. The second-order valence-electron chi connectivity index (χ2n) is 10.8. The first-order valence-electron chi connectivity index (χ1n) is 14.1. The predicted octanol–water partition coefficient (Wildman–Crippen LogP) is 3.45. The van der Waals surface area contributed by atoms with Crippen LogP contribution in [0.4, 0.5) is 17.2 Å². The molecule has 0 aromatic carbocycles. The minimum absolute atomic E-state index is 0.0440. The molecule has 2 aliphatic heterocycles. The summed E-state index contributed by atoms with van der Waals surface area (Å²) < 4.78 is 0.